The van der Waals surface area contributed by atoms with Gasteiger partial charge in [-0.05, 0) is 19.9 Å². The summed E-state index contributed by atoms with van der Waals surface area (Å²) in [5, 5.41) is 7.65. The van der Waals surface area contributed by atoms with Gasteiger partial charge in [-0.1, -0.05) is 46.4 Å². The summed E-state index contributed by atoms with van der Waals surface area (Å²) in [7, 11) is 0. The largest absolute Gasteiger partial charge is 0.481 e. The number of halogens is 5. The Balaban J connectivity index is 2.89. The number of hydrogen-bond donors (Lipinski definition) is 1. The molecule has 0 fully saturated rings. The summed E-state index contributed by atoms with van der Waals surface area (Å²) < 4.78 is 24.0. The number of carbonyl (C=O) groups is 5. The molecule has 1 heterocycles. The maximum absolute atomic E-state index is 14.7. The van der Waals surface area contributed by atoms with Gasteiger partial charge >= 0.3 is 17.9 Å². The molecule has 0 aromatic heterocycles. The fraction of sp³-hybridized carbons (Fsp3) is 0.316. The monoisotopic (exact) mass is 543 g/mol. The number of fused-ring (bicyclic) bond motifs is 1. The minimum atomic E-state index is -2.96. The molecule has 0 saturated heterocycles. The summed E-state index contributed by atoms with van der Waals surface area (Å²) in [6.45, 7) is 2.09. The second-order valence-electron chi connectivity index (χ2n) is 6.38. The van der Waals surface area contributed by atoms with Crippen LogP contribution in [0.4, 0.5) is 4.39 Å². The van der Waals surface area contributed by atoms with E-state index in [1.807, 2.05) is 0 Å². The highest BCUT2D eigenvalue weighted by atomic mass is 35.5. The summed E-state index contributed by atoms with van der Waals surface area (Å²) >= 11 is 24.0. The van der Waals surface area contributed by atoms with Gasteiger partial charge in [-0.2, -0.15) is 4.39 Å². The van der Waals surface area contributed by atoms with Crippen molar-refractivity contribution in [2.24, 2.45) is 0 Å². The number of hydrogen-bond acceptors (Lipinski definition) is 7. The van der Waals surface area contributed by atoms with Gasteiger partial charge in [0.2, 0.25) is 5.83 Å². The van der Waals surface area contributed by atoms with Gasteiger partial charge in [0.15, 0.2) is 5.54 Å². The van der Waals surface area contributed by atoms with Crippen molar-refractivity contribution in [1.29, 1.82) is 0 Å². The molecular weight excluding hydrogens is 531 g/mol. The number of benzene rings is 1. The van der Waals surface area contributed by atoms with Gasteiger partial charge in [0, 0.05) is 0 Å². The molecule has 1 N–H and O–H groups in total. The highest BCUT2D eigenvalue weighted by molar-refractivity contribution is 6.55. The molecule has 0 unspecified atom stereocenters. The molecule has 14 heteroatoms. The van der Waals surface area contributed by atoms with Crippen molar-refractivity contribution in [3.05, 3.63) is 43.1 Å². The molecular formula is C19H14Cl4FNO8. The van der Waals surface area contributed by atoms with Gasteiger partial charge in [0.25, 0.3) is 11.8 Å². The number of carboxylic acids is 1. The number of carbonyl (C=O) groups excluding carboxylic acids is 4. The van der Waals surface area contributed by atoms with E-state index in [0.717, 1.165) is 0 Å². The van der Waals surface area contributed by atoms with E-state index in [1.54, 1.807) is 0 Å². The lowest BCUT2D eigenvalue weighted by molar-refractivity contribution is -0.157. The molecule has 1 aromatic carbocycles. The third-order valence-corrected chi connectivity index (χ3v) is 6.19. The number of esters is 2. The lowest BCUT2D eigenvalue weighted by atomic mass is 9.91. The van der Waals surface area contributed by atoms with Gasteiger partial charge in [-0.25, -0.2) is 9.59 Å². The highest BCUT2D eigenvalue weighted by Crippen LogP contribution is 2.47. The molecule has 2 amide bonds. The van der Waals surface area contributed by atoms with Crippen molar-refractivity contribution in [2.45, 2.75) is 25.8 Å². The summed E-state index contributed by atoms with van der Waals surface area (Å²) in [6.07, 6.45) is -1.20. The van der Waals surface area contributed by atoms with E-state index in [9.17, 15) is 33.5 Å². The predicted octanol–water partition coefficient (Wildman–Crippen LogP) is 4.09. The van der Waals surface area contributed by atoms with Crippen LogP contribution < -0.4 is 0 Å². The van der Waals surface area contributed by atoms with Gasteiger partial charge in [-0.15, -0.1) is 0 Å². The SMILES string of the molecule is CCOC(=O)/C(F)=C/[C@@](CC(=O)O)(C(=O)OCC)N1C(=O)c2c(Cl)c(Cl)c(Cl)c(Cl)c2C1=O. The second-order valence-corrected chi connectivity index (χ2v) is 7.89. The first kappa shape index (κ1) is 26.8. The molecule has 1 aliphatic heterocycles. The maximum Gasteiger partial charge on any atom is 0.366 e. The van der Waals surface area contributed by atoms with Crippen molar-refractivity contribution < 1.29 is 42.9 Å². The number of carboxylic acid groups (broad SMARTS) is 1. The number of ether oxygens (including phenoxy) is 2. The van der Waals surface area contributed by atoms with Crippen molar-refractivity contribution in [1.82, 2.24) is 4.90 Å². The minimum Gasteiger partial charge on any atom is -0.481 e. The standard InChI is InChI=1S/C19H14Cl4FNO8/c1-3-32-17(30)7(24)5-19(6-8(26)27,18(31)33-4-2)25-15(28)9-10(16(25)29)12(21)14(23)13(22)11(9)20/h5H,3-4,6H2,1-2H3,(H,26,27)/b7-5-/t19-/m1/s1. The number of amides is 2. The van der Waals surface area contributed by atoms with Crippen molar-refractivity contribution in [3.8, 4) is 0 Å². The molecule has 9 nitrogen and oxygen atoms in total. The molecule has 178 valence electrons. The summed E-state index contributed by atoms with van der Waals surface area (Å²) in [5.74, 6) is -9.29. The van der Waals surface area contributed by atoms with Gasteiger partial charge in [-0.3, -0.25) is 19.3 Å². The highest BCUT2D eigenvalue weighted by Gasteiger charge is 2.57. The normalized spacial score (nSPS) is 15.2. The van der Waals surface area contributed by atoms with E-state index in [2.05, 4.69) is 4.74 Å². The van der Waals surface area contributed by atoms with E-state index in [4.69, 9.17) is 51.1 Å². The van der Waals surface area contributed by atoms with Crippen LogP contribution in [0.2, 0.25) is 20.1 Å². The zero-order chi connectivity index (χ0) is 25.2. The Morgan fingerprint density at radius 2 is 1.39 bits per heavy atom. The number of imide groups is 1. The van der Waals surface area contributed by atoms with Crippen LogP contribution in [0.5, 0.6) is 0 Å². The Kier molecular flexibility index (Phi) is 8.34. The van der Waals surface area contributed by atoms with Crippen molar-refractivity contribution in [3.63, 3.8) is 0 Å². The predicted molar refractivity (Wildman–Crippen MR) is 114 cm³/mol. The Labute approximate surface area is 205 Å². The topological polar surface area (TPSA) is 127 Å². The van der Waals surface area contributed by atoms with E-state index >= 15 is 0 Å². The lowest BCUT2D eigenvalue weighted by Gasteiger charge is -2.34. The molecule has 1 aromatic rings. The Morgan fingerprint density at radius 1 is 0.939 bits per heavy atom. The molecule has 0 aliphatic carbocycles. The van der Waals surface area contributed by atoms with Crippen LogP contribution in [0, 0.1) is 0 Å². The Bertz CT molecular complexity index is 1060. The summed E-state index contributed by atoms with van der Waals surface area (Å²) in [5.41, 5.74) is -4.15. The Morgan fingerprint density at radius 3 is 1.79 bits per heavy atom. The zero-order valence-electron chi connectivity index (χ0n) is 16.8. The first-order valence-electron chi connectivity index (χ1n) is 9.04. The molecule has 2 rings (SSSR count). The third kappa shape index (κ3) is 4.65. The maximum atomic E-state index is 14.7. The first-order chi connectivity index (χ1) is 15.3. The summed E-state index contributed by atoms with van der Waals surface area (Å²) in [4.78, 5) is 63.0. The lowest BCUT2D eigenvalue weighted by Crippen LogP contribution is -2.58. The molecule has 0 saturated carbocycles. The fourth-order valence-corrected chi connectivity index (χ4v) is 4.10. The average molecular weight is 545 g/mol. The molecule has 1 aliphatic rings. The average Bonchev–Trinajstić information content (AvgIpc) is 3.00. The third-order valence-electron chi connectivity index (χ3n) is 4.39. The minimum absolute atomic E-state index is 0.0903. The van der Waals surface area contributed by atoms with Gasteiger partial charge in [0.1, 0.15) is 0 Å². The van der Waals surface area contributed by atoms with Crippen LogP contribution in [0.3, 0.4) is 0 Å². The van der Waals surface area contributed by atoms with Crippen LogP contribution in [-0.4, -0.2) is 58.5 Å². The Hall–Kier alpha value is -2.40. The van der Waals surface area contributed by atoms with Crippen molar-refractivity contribution >= 4 is 76.1 Å². The van der Waals surface area contributed by atoms with Crippen molar-refractivity contribution in [2.75, 3.05) is 13.2 Å². The smallest absolute Gasteiger partial charge is 0.366 e. The van der Waals surface area contributed by atoms with Gasteiger partial charge < -0.3 is 14.6 Å². The molecule has 1 atom stereocenters. The van der Waals surface area contributed by atoms with E-state index in [0.29, 0.717) is 0 Å². The molecule has 0 bridgehead atoms. The number of rotatable bonds is 8. The summed E-state index contributed by atoms with van der Waals surface area (Å²) in [6, 6.07) is 0. The number of aliphatic carboxylic acids is 1. The molecule has 0 radical (unpaired) electrons. The molecule has 33 heavy (non-hydrogen) atoms. The fourth-order valence-electron chi connectivity index (χ4n) is 3.08. The van der Waals surface area contributed by atoms with Gasteiger partial charge in [0.05, 0.1) is 50.9 Å². The number of nitrogens with zero attached hydrogens (tertiary/aromatic N) is 1. The second kappa shape index (κ2) is 10.3. The van der Waals surface area contributed by atoms with Crippen LogP contribution >= 0.6 is 46.4 Å². The quantitative estimate of drug-likeness (QED) is 0.170. The molecule has 0 spiro atoms. The van der Waals surface area contributed by atoms with Crippen LogP contribution in [0.25, 0.3) is 0 Å². The zero-order valence-corrected chi connectivity index (χ0v) is 19.9. The van der Waals surface area contributed by atoms with Crippen LogP contribution in [0.1, 0.15) is 41.0 Å². The first-order valence-corrected chi connectivity index (χ1v) is 10.6. The van der Waals surface area contributed by atoms with Crippen LogP contribution in [-0.2, 0) is 23.9 Å². The van der Waals surface area contributed by atoms with Crippen LogP contribution in [0.15, 0.2) is 11.9 Å². The van der Waals surface area contributed by atoms with E-state index < -0.39 is 78.7 Å². The van der Waals surface area contributed by atoms with E-state index in [-0.39, 0.29) is 24.2 Å². The van der Waals surface area contributed by atoms with E-state index in [1.165, 1.54) is 13.8 Å².